The first-order chi connectivity index (χ1) is 11.5. The molecule has 0 spiro atoms. The van der Waals surface area contributed by atoms with Crippen molar-refractivity contribution in [2.45, 2.75) is 6.92 Å². The van der Waals surface area contributed by atoms with Gasteiger partial charge < -0.3 is 20.0 Å². The molecule has 0 radical (unpaired) electrons. The molecule has 0 bridgehead atoms. The summed E-state index contributed by atoms with van der Waals surface area (Å²) in [4.78, 5) is 16.1. The predicted octanol–water partition coefficient (Wildman–Crippen LogP) is 0.959. The van der Waals surface area contributed by atoms with Crippen LogP contribution in [0.4, 0.5) is 8.78 Å². The second-order valence-corrected chi connectivity index (χ2v) is 6.15. The number of likely N-dealkylation sites (N-methyl/N-ethyl adjacent to an activating group) is 1. The SMILES string of the molecule is CCN(CCO)C[C@@H]1CN(C(=O)c2ccc(F)cc2F)C[C@@H]1CO. The van der Waals surface area contributed by atoms with Gasteiger partial charge >= 0.3 is 0 Å². The Balaban J connectivity index is 2.08. The summed E-state index contributed by atoms with van der Waals surface area (Å²) in [7, 11) is 0. The molecule has 1 aromatic carbocycles. The number of aliphatic hydroxyl groups is 2. The molecule has 134 valence electrons. The smallest absolute Gasteiger partial charge is 0.256 e. The van der Waals surface area contributed by atoms with Crippen molar-refractivity contribution in [2.75, 3.05) is 45.9 Å². The molecule has 1 aromatic rings. The van der Waals surface area contributed by atoms with Crippen molar-refractivity contribution in [2.24, 2.45) is 11.8 Å². The van der Waals surface area contributed by atoms with Crippen molar-refractivity contribution >= 4 is 5.91 Å². The second-order valence-electron chi connectivity index (χ2n) is 6.15. The van der Waals surface area contributed by atoms with Gasteiger partial charge in [0, 0.05) is 44.8 Å². The van der Waals surface area contributed by atoms with E-state index < -0.39 is 17.5 Å². The van der Waals surface area contributed by atoms with E-state index >= 15 is 0 Å². The Morgan fingerprint density at radius 1 is 1.29 bits per heavy atom. The Bertz CT molecular complexity index is 571. The summed E-state index contributed by atoms with van der Waals surface area (Å²) in [6.45, 7) is 4.66. The number of rotatable bonds is 7. The predicted molar refractivity (Wildman–Crippen MR) is 85.5 cm³/mol. The average molecular weight is 342 g/mol. The lowest BCUT2D eigenvalue weighted by atomic mass is 9.96. The van der Waals surface area contributed by atoms with Gasteiger partial charge in [-0.3, -0.25) is 4.79 Å². The summed E-state index contributed by atoms with van der Waals surface area (Å²) in [5.74, 6) is -2.13. The molecule has 2 atom stereocenters. The zero-order valence-electron chi connectivity index (χ0n) is 13.8. The fourth-order valence-electron chi connectivity index (χ4n) is 3.20. The van der Waals surface area contributed by atoms with Gasteiger partial charge in [0.2, 0.25) is 0 Å². The number of nitrogens with zero attached hydrogens (tertiary/aromatic N) is 2. The minimum atomic E-state index is -0.875. The molecule has 0 aliphatic carbocycles. The fraction of sp³-hybridized carbons (Fsp3) is 0.588. The van der Waals surface area contributed by atoms with Crippen LogP contribution in [0.3, 0.4) is 0 Å². The number of hydrogen-bond acceptors (Lipinski definition) is 4. The van der Waals surface area contributed by atoms with Crippen molar-refractivity contribution in [1.82, 2.24) is 9.80 Å². The first kappa shape index (κ1) is 18.8. The van der Waals surface area contributed by atoms with Crippen molar-refractivity contribution in [3.8, 4) is 0 Å². The van der Waals surface area contributed by atoms with E-state index in [0.717, 1.165) is 18.7 Å². The first-order valence-corrected chi connectivity index (χ1v) is 8.18. The summed E-state index contributed by atoms with van der Waals surface area (Å²) in [5.41, 5.74) is -0.156. The third kappa shape index (κ3) is 4.28. The molecule has 1 amide bonds. The number of hydrogen-bond donors (Lipinski definition) is 2. The van der Waals surface area contributed by atoms with Crippen LogP contribution >= 0.6 is 0 Å². The number of carbonyl (C=O) groups is 1. The van der Waals surface area contributed by atoms with E-state index in [0.29, 0.717) is 32.2 Å². The van der Waals surface area contributed by atoms with Crippen molar-refractivity contribution in [3.05, 3.63) is 35.4 Å². The van der Waals surface area contributed by atoms with Crippen LogP contribution in [0.1, 0.15) is 17.3 Å². The van der Waals surface area contributed by atoms with Gasteiger partial charge in [-0.2, -0.15) is 0 Å². The molecule has 5 nitrogen and oxygen atoms in total. The topological polar surface area (TPSA) is 64.0 Å². The molecule has 1 saturated heterocycles. The standard InChI is InChI=1S/C17H24F2N2O3/c1-2-20(5-6-22)8-12-9-21(10-13(12)11-23)17(24)15-4-3-14(18)7-16(15)19/h3-4,7,12-13,22-23H,2,5-6,8-11H2,1H3/t12-,13-/m1/s1. The molecule has 2 N–H and O–H groups in total. The van der Waals surface area contributed by atoms with Crippen molar-refractivity contribution in [1.29, 1.82) is 0 Å². The summed E-state index contributed by atoms with van der Waals surface area (Å²) in [6.07, 6.45) is 0. The minimum absolute atomic E-state index is 0.0494. The van der Waals surface area contributed by atoms with Crippen LogP contribution in [-0.4, -0.2) is 71.9 Å². The Morgan fingerprint density at radius 2 is 2.00 bits per heavy atom. The van der Waals surface area contributed by atoms with Gasteiger partial charge in [-0.1, -0.05) is 6.92 Å². The monoisotopic (exact) mass is 342 g/mol. The van der Waals surface area contributed by atoms with E-state index in [9.17, 15) is 18.7 Å². The number of carbonyl (C=O) groups excluding carboxylic acids is 1. The lowest BCUT2D eigenvalue weighted by Crippen LogP contribution is -2.36. The lowest BCUT2D eigenvalue weighted by Gasteiger charge is -2.25. The third-order valence-corrected chi connectivity index (χ3v) is 4.62. The molecule has 1 heterocycles. The number of aliphatic hydroxyl groups excluding tert-OH is 2. The Kier molecular flexibility index (Phi) is 6.65. The van der Waals surface area contributed by atoms with E-state index in [2.05, 4.69) is 4.90 Å². The molecule has 1 aliphatic rings. The number of amides is 1. The number of benzene rings is 1. The van der Waals surface area contributed by atoms with Gasteiger partial charge in [0.1, 0.15) is 11.6 Å². The van der Waals surface area contributed by atoms with E-state index in [1.807, 2.05) is 6.92 Å². The maximum absolute atomic E-state index is 13.8. The highest BCUT2D eigenvalue weighted by atomic mass is 19.1. The highest BCUT2D eigenvalue weighted by Crippen LogP contribution is 2.26. The van der Waals surface area contributed by atoms with Crippen molar-refractivity contribution in [3.63, 3.8) is 0 Å². The molecule has 1 fully saturated rings. The molecule has 24 heavy (non-hydrogen) atoms. The summed E-state index contributed by atoms with van der Waals surface area (Å²) >= 11 is 0. The molecule has 7 heteroatoms. The summed E-state index contributed by atoms with van der Waals surface area (Å²) in [5, 5.41) is 18.7. The van der Waals surface area contributed by atoms with E-state index in [4.69, 9.17) is 5.11 Å². The van der Waals surface area contributed by atoms with Crippen LogP contribution in [0.25, 0.3) is 0 Å². The Hall–Kier alpha value is -1.57. The molecule has 0 saturated carbocycles. The number of likely N-dealkylation sites (tertiary alicyclic amines) is 1. The minimum Gasteiger partial charge on any atom is -0.396 e. The molecular weight excluding hydrogens is 318 g/mol. The quantitative estimate of drug-likeness (QED) is 0.775. The van der Waals surface area contributed by atoms with Crippen LogP contribution < -0.4 is 0 Å². The number of halogens is 2. The molecule has 1 aliphatic heterocycles. The van der Waals surface area contributed by atoms with E-state index in [1.54, 1.807) is 0 Å². The van der Waals surface area contributed by atoms with Crippen LogP contribution in [0.5, 0.6) is 0 Å². The van der Waals surface area contributed by atoms with Gasteiger partial charge in [-0.05, 0) is 24.6 Å². The normalized spacial score (nSPS) is 20.8. The van der Waals surface area contributed by atoms with Gasteiger partial charge in [-0.25, -0.2) is 8.78 Å². The summed E-state index contributed by atoms with van der Waals surface area (Å²) in [6, 6.07) is 2.91. The van der Waals surface area contributed by atoms with E-state index in [1.165, 1.54) is 4.90 Å². The van der Waals surface area contributed by atoms with Gasteiger partial charge in [0.15, 0.2) is 0 Å². The maximum atomic E-state index is 13.8. The Morgan fingerprint density at radius 3 is 2.58 bits per heavy atom. The summed E-state index contributed by atoms with van der Waals surface area (Å²) < 4.78 is 26.8. The fourth-order valence-corrected chi connectivity index (χ4v) is 3.20. The van der Waals surface area contributed by atoms with Gasteiger partial charge in [0.25, 0.3) is 5.91 Å². The van der Waals surface area contributed by atoms with Crippen LogP contribution in [0, 0.1) is 23.5 Å². The highest BCUT2D eigenvalue weighted by Gasteiger charge is 2.36. The van der Waals surface area contributed by atoms with Gasteiger partial charge in [0.05, 0.1) is 12.2 Å². The first-order valence-electron chi connectivity index (χ1n) is 8.18. The molecule has 0 unspecified atom stereocenters. The molecular formula is C17H24F2N2O3. The van der Waals surface area contributed by atoms with Crippen LogP contribution in [0.15, 0.2) is 18.2 Å². The van der Waals surface area contributed by atoms with Crippen molar-refractivity contribution < 1.29 is 23.8 Å². The molecule has 2 rings (SSSR count). The second kappa shape index (κ2) is 8.50. The Labute approximate surface area is 140 Å². The molecule has 0 aromatic heterocycles. The average Bonchev–Trinajstić information content (AvgIpc) is 2.96. The zero-order valence-corrected chi connectivity index (χ0v) is 13.8. The van der Waals surface area contributed by atoms with Crippen LogP contribution in [0.2, 0.25) is 0 Å². The van der Waals surface area contributed by atoms with E-state index in [-0.39, 0.29) is 30.6 Å². The zero-order chi connectivity index (χ0) is 17.7. The third-order valence-electron chi connectivity index (χ3n) is 4.62. The maximum Gasteiger partial charge on any atom is 0.256 e. The van der Waals surface area contributed by atoms with Crippen LogP contribution in [-0.2, 0) is 0 Å². The highest BCUT2D eigenvalue weighted by molar-refractivity contribution is 5.94. The largest absolute Gasteiger partial charge is 0.396 e. The lowest BCUT2D eigenvalue weighted by molar-refractivity contribution is 0.0773. The van der Waals surface area contributed by atoms with Gasteiger partial charge in [-0.15, -0.1) is 0 Å².